The Balaban J connectivity index is 0.00000484. The van der Waals surface area contributed by atoms with Gasteiger partial charge in [-0.05, 0) is 13.3 Å². The van der Waals surface area contributed by atoms with Gasteiger partial charge in [-0.3, -0.25) is 9.56 Å². The zero-order valence-corrected chi connectivity index (χ0v) is 16.4. The second-order valence-electron chi connectivity index (χ2n) is 5.35. The predicted molar refractivity (Wildman–Crippen MR) is 100 cm³/mol. The van der Waals surface area contributed by atoms with E-state index in [0.717, 1.165) is 11.0 Å². The second-order valence-corrected chi connectivity index (χ2v) is 5.35. The van der Waals surface area contributed by atoms with Gasteiger partial charge in [0.1, 0.15) is 5.82 Å². The molecule has 0 aliphatic heterocycles. The molecule has 0 fully saturated rings. The molecular weight excluding hydrogens is 415 g/mol. The molecule has 1 unspecified atom stereocenters. The van der Waals surface area contributed by atoms with E-state index in [0.29, 0.717) is 5.96 Å². The van der Waals surface area contributed by atoms with E-state index in [9.17, 15) is 8.78 Å². The van der Waals surface area contributed by atoms with Crippen LogP contribution in [0.25, 0.3) is 0 Å². The monoisotopic (exact) mass is 443 g/mol. The third kappa shape index (κ3) is 8.47. The highest BCUT2D eigenvalue weighted by Crippen LogP contribution is 2.12. The molecule has 0 aromatic carbocycles. The maximum absolute atomic E-state index is 12.7. The maximum Gasteiger partial charge on any atom is 0.319 e. The van der Waals surface area contributed by atoms with E-state index in [1.807, 2.05) is 0 Å². The molecule has 1 aromatic heterocycles. The fourth-order valence-electron chi connectivity index (χ4n) is 2.20. The molecule has 1 aromatic rings. The van der Waals surface area contributed by atoms with E-state index in [-0.39, 0.29) is 42.4 Å². The number of nitrogens with zero attached hydrogens (tertiary/aromatic N) is 3. The third-order valence-corrected chi connectivity index (χ3v) is 3.47. The lowest BCUT2D eigenvalue weighted by Gasteiger charge is -2.18. The van der Waals surface area contributed by atoms with Crippen molar-refractivity contribution in [1.82, 2.24) is 20.2 Å². The van der Waals surface area contributed by atoms with Crippen molar-refractivity contribution >= 4 is 29.9 Å². The molecule has 0 radical (unpaired) electrons. The summed E-state index contributed by atoms with van der Waals surface area (Å²) < 4.78 is 26.3. The van der Waals surface area contributed by atoms with Crippen LogP contribution in [0, 0.1) is 0 Å². The van der Waals surface area contributed by atoms with Crippen molar-refractivity contribution in [3.8, 4) is 0 Å². The number of halogens is 3. The number of alkyl halides is 2. The molecule has 1 atom stereocenters. The predicted octanol–water partition coefficient (Wildman–Crippen LogP) is 3.92. The highest BCUT2D eigenvalue weighted by Gasteiger charge is 2.12. The van der Waals surface area contributed by atoms with Crippen LogP contribution in [0.1, 0.15) is 58.3 Å². The molecule has 0 saturated heterocycles. The number of hydrogen-bond donors (Lipinski definition) is 2. The van der Waals surface area contributed by atoms with Crippen LogP contribution in [-0.2, 0) is 6.54 Å². The molecule has 0 spiro atoms. The Morgan fingerprint density at radius 1 is 1.35 bits per heavy atom. The molecule has 1 heterocycles. The van der Waals surface area contributed by atoms with Crippen molar-refractivity contribution in [2.45, 2.75) is 65.1 Å². The molecule has 0 amide bonds. The summed E-state index contributed by atoms with van der Waals surface area (Å²) in [5.74, 6) is 0.889. The lowest BCUT2D eigenvalue weighted by Crippen LogP contribution is -2.42. The quantitative estimate of drug-likeness (QED) is 0.263. The van der Waals surface area contributed by atoms with Crippen molar-refractivity contribution in [2.75, 3.05) is 7.05 Å². The molecule has 23 heavy (non-hydrogen) atoms. The van der Waals surface area contributed by atoms with Crippen molar-refractivity contribution in [3.63, 3.8) is 0 Å². The van der Waals surface area contributed by atoms with Gasteiger partial charge in [-0.1, -0.05) is 32.6 Å². The fraction of sp³-hybridized carbons (Fsp3) is 0.733. The number of nitrogens with one attached hydrogen (secondary N) is 2. The topological polar surface area (TPSA) is 54.2 Å². The Kier molecular flexibility index (Phi) is 12.0. The van der Waals surface area contributed by atoms with Gasteiger partial charge in [0.25, 0.3) is 0 Å². The van der Waals surface area contributed by atoms with Crippen LogP contribution < -0.4 is 10.6 Å². The standard InChI is InChI=1S/C15H27F2N5.HI/c1-4-5-6-7-8-12(2)21-15(18-3)20-11-13-19-9-10-22(13)14(16)17;/h9-10,12,14H,4-8,11H2,1-3H3,(H2,18,20,21);1H. The molecule has 2 N–H and O–H groups in total. The van der Waals surface area contributed by atoms with Crippen LogP contribution in [0.5, 0.6) is 0 Å². The first kappa shape index (κ1) is 22.1. The molecule has 0 aliphatic carbocycles. The van der Waals surface area contributed by atoms with E-state index >= 15 is 0 Å². The third-order valence-electron chi connectivity index (χ3n) is 3.47. The molecule has 0 saturated carbocycles. The van der Waals surface area contributed by atoms with Gasteiger partial charge in [-0.2, -0.15) is 8.78 Å². The van der Waals surface area contributed by atoms with Crippen LogP contribution >= 0.6 is 24.0 Å². The van der Waals surface area contributed by atoms with E-state index in [2.05, 4.69) is 34.5 Å². The number of hydrogen-bond acceptors (Lipinski definition) is 2. The highest BCUT2D eigenvalue weighted by molar-refractivity contribution is 14.0. The Bertz CT molecular complexity index is 451. The molecule has 5 nitrogen and oxygen atoms in total. The van der Waals surface area contributed by atoms with Gasteiger partial charge in [-0.15, -0.1) is 24.0 Å². The van der Waals surface area contributed by atoms with Gasteiger partial charge in [0.15, 0.2) is 5.96 Å². The first-order valence-corrected chi connectivity index (χ1v) is 7.85. The largest absolute Gasteiger partial charge is 0.354 e. The van der Waals surface area contributed by atoms with Crippen LogP contribution in [0.3, 0.4) is 0 Å². The van der Waals surface area contributed by atoms with Gasteiger partial charge < -0.3 is 10.6 Å². The smallest absolute Gasteiger partial charge is 0.319 e. The van der Waals surface area contributed by atoms with Crippen molar-refractivity contribution in [2.24, 2.45) is 4.99 Å². The van der Waals surface area contributed by atoms with Crippen molar-refractivity contribution < 1.29 is 8.78 Å². The highest BCUT2D eigenvalue weighted by atomic mass is 127. The van der Waals surface area contributed by atoms with Crippen LogP contribution in [0.15, 0.2) is 17.4 Å². The zero-order valence-electron chi connectivity index (χ0n) is 14.1. The minimum Gasteiger partial charge on any atom is -0.354 e. The van der Waals surface area contributed by atoms with Crippen molar-refractivity contribution in [3.05, 3.63) is 18.2 Å². The summed E-state index contributed by atoms with van der Waals surface area (Å²) >= 11 is 0. The van der Waals surface area contributed by atoms with E-state index < -0.39 is 6.55 Å². The summed E-state index contributed by atoms with van der Waals surface area (Å²) in [6.07, 6.45) is 8.60. The molecule has 0 aliphatic rings. The number of imidazole rings is 1. The van der Waals surface area contributed by atoms with E-state index in [1.54, 1.807) is 7.05 Å². The van der Waals surface area contributed by atoms with Gasteiger partial charge in [0, 0.05) is 25.5 Å². The Morgan fingerprint density at radius 2 is 2.09 bits per heavy atom. The average Bonchev–Trinajstić information content (AvgIpc) is 2.96. The maximum atomic E-state index is 12.7. The zero-order chi connectivity index (χ0) is 16.4. The SMILES string of the molecule is CCCCCCC(C)NC(=NC)NCc1nccn1C(F)F.I. The molecule has 0 bridgehead atoms. The minimum atomic E-state index is -2.58. The summed E-state index contributed by atoms with van der Waals surface area (Å²) in [4.78, 5) is 8.05. The molecule has 1 rings (SSSR count). The minimum absolute atomic E-state index is 0. The number of unbranched alkanes of at least 4 members (excludes halogenated alkanes) is 3. The second kappa shape index (κ2) is 12.5. The summed E-state index contributed by atoms with van der Waals surface area (Å²) in [5.41, 5.74) is 0. The van der Waals surface area contributed by atoms with Gasteiger partial charge >= 0.3 is 6.55 Å². The van der Waals surface area contributed by atoms with Gasteiger partial charge in [-0.25, -0.2) is 4.98 Å². The van der Waals surface area contributed by atoms with Crippen LogP contribution in [-0.4, -0.2) is 28.6 Å². The summed E-state index contributed by atoms with van der Waals surface area (Å²) in [6.45, 7) is 1.92. The molecular formula is C15H28F2IN5. The average molecular weight is 443 g/mol. The van der Waals surface area contributed by atoms with E-state index in [1.165, 1.54) is 38.1 Å². The van der Waals surface area contributed by atoms with Crippen LogP contribution in [0.4, 0.5) is 8.78 Å². The van der Waals surface area contributed by atoms with Gasteiger partial charge in [0.05, 0.1) is 6.54 Å². The van der Waals surface area contributed by atoms with Crippen molar-refractivity contribution in [1.29, 1.82) is 0 Å². The van der Waals surface area contributed by atoms with Gasteiger partial charge in [0.2, 0.25) is 0 Å². The Labute approximate surface area is 154 Å². The first-order chi connectivity index (χ1) is 10.6. The lowest BCUT2D eigenvalue weighted by molar-refractivity contribution is 0.0668. The molecule has 8 heteroatoms. The number of aromatic nitrogens is 2. The Morgan fingerprint density at radius 3 is 2.70 bits per heavy atom. The lowest BCUT2D eigenvalue weighted by atomic mass is 10.1. The summed E-state index contributed by atoms with van der Waals surface area (Å²) in [6, 6.07) is 0.290. The number of guanidine groups is 1. The summed E-state index contributed by atoms with van der Waals surface area (Å²) in [5, 5.41) is 6.29. The van der Waals surface area contributed by atoms with Crippen LogP contribution in [0.2, 0.25) is 0 Å². The number of rotatable bonds is 9. The summed E-state index contributed by atoms with van der Waals surface area (Å²) in [7, 11) is 1.67. The molecule has 134 valence electrons. The van der Waals surface area contributed by atoms with E-state index in [4.69, 9.17) is 0 Å². The Hall–Kier alpha value is -0.930. The fourth-order valence-corrected chi connectivity index (χ4v) is 2.20. The first-order valence-electron chi connectivity index (χ1n) is 7.85. The number of aliphatic imine (C=N–C) groups is 1. The normalized spacial score (nSPS) is 12.9.